The van der Waals surface area contributed by atoms with E-state index in [-0.39, 0.29) is 30.6 Å². The van der Waals surface area contributed by atoms with Gasteiger partial charge in [0.25, 0.3) is 0 Å². The molecule has 0 saturated carbocycles. The average molecular weight is 212 g/mol. The van der Waals surface area contributed by atoms with Crippen molar-refractivity contribution in [1.82, 2.24) is 11.1 Å². The lowest BCUT2D eigenvalue weighted by molar-refractivity contribution is -0.135. The maximum absolute atomic E-state index is 10.9. The summed E-state index contributed by atoms with van der Waals surface area (Å²) in [5.74, 6) is 0.103. The summed E-state index contributed by atoms with van der Waals surface area (Å²) in [4.78, 5) is 12.7. The van der Waals surface area contributed by atoms with Gasteiger partial charge in [0.05, 0.1) is 12.7 Å². The van der Waals surface area contributed by atoms with Crippen molar-refractivity contribution in [3.63, 3.8) is 0 Å². The number of nitrogens with zero attached hydrogens (tertiary/aromatic N) is 1. The van der Waals surface area contributed by atoms with Gasteiger partial charge >= 0.3 is 0 Å². The number of nitrogens with two attached hydrogens (primary N) is 1. The van der Waals surface area contributed by atoms with Gasteiger partial charge < -0.3 is 21.5 Å². The van der Waals surface area contributed by atoms with Crippen LogP contribution in [0.25, 0.3) is 0 Å². The van der Waals surface area contributed by atoms with Crippen LogP contribution in [0.4, 0.5) is 0 Å². The summed E-state index contributed by atoms with van der Waals surface area (Å²) in [7, 11) is 0. The Labute approximate surface area is 84.6 Å². The fraction of sp³-hybridized carbons (Fsp3) is 0.857. The first kappa shape index (κ1) is 15.1. The highest BCUT2D eigenvalue weighted by molar-refractivity contribution is 5.85. The molecule has 1 saturated heterocycles. The van der Waals surface area contributed by atoms with Crippen molar-refractivity contribution in [1.29, 1.82) is 0 Å². The summed E-state index contributed by atoms with van der Waals surface area (Å²) < 4.78 is 5.29. The Morgan fingerprint density at radius 3 is 2.77 bits per heavy atom. The lowest BCUT2D eigenvalue weighted by atomic mass is 10.3. The van der Waals surface area contributed by atoms with Gasteiger partial charge in [-0.05, 0) is 0 Å². The van der Waals surface area contributed by atoms with E-state index in [4.69, 9.17) is 10.5 Å². The molecule has 0 aromatic heterocycles. The Morgan fingerprint density at radius 1 is 1.69 bits per heavy atom. The minimum absolute atomic E-state index is 0. The molecule has 1 rings (SSSR count). The highest BCUT2D eigenvalue weighted by Crippen LogP contribution is 2.03. The fourth-order valence-electron chi connectivity index (χ4n) is 1.15. The lowest BCUT2D eigenvalue weighted by Crippen LogP contribution is -2.47. The van der Waals surface area contributed by atoms with Gasteiger partial charge in [-0.2, -0.15) is 0 Å². The minimum Gasteiger partial charge on any atom is -0.373 e. The van der Waals surface area contributed by atoms with Crippen LogP contribution in [-0.2, 0) is 9.53 Å². The van der Waals surface area contributed by atoms with Crippen LogP contribution >= 0.6 is 12.4 Å². The summed E-state index contributed by atoms with van der Waals surface area (Å²) in [6.07, 6.45) is 0.0349. The fourth-order valence-corrected chi connectivity index (χ4v) is 1.15. The summed E-state index contributed by atoms with van der Waals surface area (Å²) in [6.45, 7) is 4.02. The summed E-state index contributed by atoms with van der Waals surface area (Å²) >= 11 is 0. The molecular weight excluding hydrogens is 194 g/mol. The lowest BCUT2D eigenvalue weighted by Gasteiger charge is -2.31. The zero-order chi connectivity index (χ0) is 8.27. The molecule has 1 aliphatic heterocycles. The number of hydrogen-bond acceptors (Lipinski definition) is 4. The molecule has 0 spiro atoms. The third-order valence-corrected chi connectivity index (χ3v) is 1.85. The molecule has 0 aliphatic carbocycles. The van der Waals surface area contributed by atoms with Crippen molar-refractivity contribution in [2.75, 3.05) is 26.2 Å². The predicted octanol–water partition coefficient (Wildman–Crippen LogP) is -0.224. The number of ether oxygens (including phenoxy) is 1. The highest BCUT2D eigenvalue weighted by atomic mass is 35.5. The Balaban J connectivity index is 0. The van der Waals surface area contributed by atoms with Crippen LogP contribution in [0.1, 0.15) is 6.92 Å². The van der Waals surface area contributed by atoms with Crippen molar-refractivity contribution in [2.24, 2.45) is 5.73 Å². The summed E-state index contributed by atoms with van der Waals surface area (Å²) in [5, 5.41) is 0. The van der Waals surface area contributed by atoms with Crippen LogP contribution < -0.4 is 11.9 Å². The zero-order valence-corrected chi connectivity index (χ0v) is 8.68. The van der Waals surface area contributed by atoms with Crippen LogP contribution in [0.2, 0.25) is 0 Å². The SMILES string of the molecule is CC(=O)N1CCO[C@H](CN)C1.Cl.N. The van der Waals surface area contributed by atoms with E-state index in [1.807, 2.05) is 0 Å². The van der Waals surface area contributed by atoms with Gasteiger partial charge in [0.2, 0.25) is 5.91 Å². The molecule has 80 valence electrons. The van der Waals surface area contributed by atoms with Gasteiger partial charge in [-0.3, -0.25) is 4.79 Å². The number of amides is 1. The van der Waals surface area contributed by atoms with E-state index in [1.54, 1.807) is 11.8 Å². The first-order valence-electron chi connectivity index (χ1n) is 3.81. The van der Waals surface area contributed by atoms with Crippen molar-refractivity contribution in [2.45, 2.75) is 13.0 Å². The third kappa shape index (κ3) is 4.42. The normalized spacial score (nSPS) is 21.4. The quantitative estimate of drug-likeness (QED) is 0.627. The van der Waals surface area contributed by atoms with Crippen molar-refractivity contribution >= 4 is 18.3 Å². The molecule has 1 fully saturated rings. The molecule has 1 heterocycles. The van der Waals surface area contributed by atoms with E-state index in [0.717, 1.165) is 0 Å². The standard InChI is InChI=1S/C7H14N2O2.ClH.H3N/c1-6(10)9-2-3-11-7(4-8)5-9;;/h7H,2-5,8H2,1H3;1H;1H3/t7-;;/m1../s1. The molecule has 5 N–H and O–H groups in total. The molecule has 0 radical (unpaired) electrons. The van der Waals surface area contributed by atoms with Crippen molar-refractivity contribution < 1.29 is 9.53 Å². The largest absolute Gasteiger partial charge is 0.373 e. The smallest absolute Gasteiger partial charge is 0.219 e. The molecule has 5 nitrogen and oxygen atoms in total. The highest BCUT2D eigenvalue weighted by Gasteiger charge is 2.20. The van der Waals surface area contributed by atoms with Gasteiger partial charge in [-0.1, -0.05) is 0 Å². The minimum atomic E-state index is 0. The van der Waals surface area contributed by atoms with Gasteiger partial charge in [0, 0.05) is 26.6 Å². The van der Waals surface area contributed by atoms with E-state index in [2.05, 4.69) is 0 Å². The first-order chi connectivity index (χ1) is 5.24. The average Bonchev–Trinajstić information content (AvgIpc) is 2.05. The molecule has 1 atom stereocenters. The second-order valence-corrected chi connectivity index (χ2v) is 2.69. The number of hydrogen-bond donors (Lipinski definition) is 2. The van der Waals surface area contributed by atoms with E-state index in [9.17, 15) is 4.79 Å². The molecular formula is C7H18ClN3O2. The van der Waals surface area contributed by atoms with Gasteiger partial charge in [0.15, 0.2) is 0 Å². The number of carbonyl (C=O) groups is 1. The number of morpholine rings is 1. The third-order valence-electron chi connectivity index (χ3n) is 1.85. The van der Waals surface area contributed by atoms with Gasteiger partial charge in [-0.15, -0.1) is 12.4 Å². The number of carbonyl (C=O) groups excluding carboxylic acids is 1. The van der Waals surface area contributed by atoms with Crippen LogP contribution in [0.3, 0.4) is 0 Å². The van der Waals surface area contributed by atoms with E-state index in [0.29, 0.717) is 26.2 Å². The second-order valence-electron chi connectivity index (χ2n) is 2.69. The van der Waals surface area contributed by atoms with Crippen molar-refractivity contribution in [3.05, 3.63) is 0 Å². The number of rotatable bonds is 1. The van der Waals surface area contributed by atoms with E-state index >= 15 is 0 Å². The maximum atomic E-state index is 10.9. The van der Waals surface area contributed by atoms with Gasteiger partial charge in [-0.25, -0.2) is 0 Å². The Kier molecular flexibility index (Phi) is 8.24. The van der Waals surface area contributed by atoms with E-state index in [1.165, 1.54) is 0 Å². The Morgan fingerprint density at radius 2 is 2.31 bits per heavy atom. The first-order valence-corrected chi connectivity index (χ1v) is 3.81. The molecule has 1 amide bonds. The summed E-state index contributed by atoms with van der Waals surface area (Å²) in [5.41, 5.74) is 5.40. The van der Waals surface area contributed by atoms with Crippen LogP contribution in [0, 0.1) is 0 Å². The van der Waals surface area contributed by atoms with Crippen LogP contribution in [-0.4, -0.2) is 43.2 Å². The second kappa shape index (κ2) is 7.08. The number of halogens is 1. The van der Waals surface area contributed by atoms with Crippen LogP contribution in [0.15, 0.2) is 0 Å². The molecule has 1 aliphatic rings. The topological polar surface area (TPSA) is 90.6 Å². The molecule has 0 bridgehead atoms. The monoisotopic (exact) mass is 211 g/mol. The maximum Gasteiger partial charge on any atom is 0.219 e. The molecule has 0 aromatic carbocycles. The molecule has 0 aromatic rings. The Hall–Kier alpha value is -0.360. The molecule has 6 heteroatoms. The van der Waals surface area contributed by atoms with Crippen molar-refractivity contribution in [3.8, 4) is 0 Å². The van der Waals surface area contributed by atoms with Gasteiger partial charge in [0.1, 0.15) is 0 Å². The Bertz CT molecular complexity index is 157. The predicted molar refractivity (Wildman–Crippen MR) is 53.3 cm³/mol. The molecule has 13 heavy (non-hydrogen) atoms. The zero-order valence-electron chi connectivity index (χ0n) is 7.86. The van der Waals surface area contributed by atoms with Crippen LogP contribution in [0.5, 0.6) is 0 Å². The van der Waals surface area contributed by atoms with E-state index < -0.39 is 0 Å². The molecule has 0 unspecified atom stereocenters. The summed E-state index contributed by atoms with van der Waals surface area (Å²) in [6, 6.07) is 0.